The van der Waals surface area contributed by atoms with E-state index in [1.165, 1.54) is 0 Å². The first-order chi connectivity index (χ1) is 16.4. The van der Waals surface area contributed by atoms with E-state index < -0.39 is 20.0 Å². The molecule has 0 unspecified atom stereocenters. The van der Waals surface area contributed by atoms with Crippen LogP contribution in [0.4, 0.5) is 0 Å². The average Bonchev–Trinajstić information content (AvgIpc) is 2.75. The van der Waals surface area contributed by atoms with Crippen molar-refractivity contribution in [1.82, 2.24) is 0 Å². The highest BCUT2D eigenvalue weighted by Gasteiger charge is 2.47. The van der Waals surface area contributed by atoms with Crippen LogP contribution in [-0.4, -0.2) is 45.3 Å². The Hall–Kier alpha value is -1.05. The zero-order chi connectivity index (χ0) is 27.9. The van der Waals surface area contributed by atoms with E-state index in [2.05, 4.69) is 52.9 Å². The summed E-state index contributed by atoms with van der Waals surface area (Å²) in [4.78, 5) is 14.1. The van der Waals surface area contributed by atoms with Gasteiger partial charge < -0.3 is 18.6 Å². The molecule has 1 aromatic carbocycles. The number of hydrogen-bond acceptors (Lipinski definition) is 5. The van der Waals surface area contributed by atoms with Gasteiger partial charge in [0.05, 0.1) is 36.9 Å². The molecule has 208 valence electrons. The summed E-state index contributed by atoms with van der Waals surface area (Å²) in [5, 5.41) is 0.0260. The van der Waals surface area contributed by atoms with E-state index in [1.807, 2.05) is 66.7 Å². The standard InChI is InChI=1S/C30H54O5Si/c1-21(2)33-28(34-22(3)4)30(10,11)27(31)24(6)26(35-36(12,13)29(7,8)9)23(5)19-32-20-25-17-15-14-16-18-25/h14-18,21-24,26,28H,19-20H2,1-13H3/t23-,24+,26-/m0/s1. The number of hydrogen-bond donors (Lipinski definition) is 0. The number of benzene rings is 1. The molecule has 5 nitrogen and oxygen atoms in total. The van der Waals surface area contributed by atoms with Crippen LogP contribution in [0.3, 0.4) is 0 Å². The second kappa shape index (κ2) is 13.7. The van der Waals surface area contributed by atoms with E-state index in [9.17, 15) is 4.79 Å². The highest BCUT2D eigenvalue weighted by molar-refractivity contribution is 6.74. The van der Waals surface area contributed by atoms with Gasteiger partial charge in [-0.2, -0.15) is 0 Å². The van der Waals surface area contributed by atoms with Gasteiger partial charge >= 0.3 is 0 Å². The topological polar surface area (TPSA) is 54.0 Å². The maximum Gasteiger partial charge on any atom is 0.192 e. The Bertz CT molecular complexity index is 772. The van der Waals surface area contributed by atoms with Crippen molar-refractivity contribution in [2.75, 3.05) is 6.61 Å². The molecule has 0 spiro atoms. The van der Waals surface area contributed by atoms with Crippen LogP contribution >= 0.6 is 0 Å². The van der Waals surface area contributed by atoms with E-state index in [0.717, 1.165) is 5.56 Å². The maximum atomic E-state index is 14.1. The van der Waals surface area contributed by atoms with Crippen LogP contribution in [0, 0.1) is 17.3 Å². The van der Waals surface area contributed by atoms with Gasteiger partial charge in [-0.1, -0.05) is 65.0 Å². The lowest BCUT2D eigenvalue weighted by Crippen LogP contribution is -2.53. The molecule has 36 heavy (non-hydrogen) atoms. The molecule has 1 aromatic rings. The van der Waals surface area contributed by atoms with Gasteiger partial charge in [-0.25, -0.2) is 0 Å². The molecule has 0 saturated heterocycles. The van der Waals surface area contributed by atoms with Crippen molar-refractivity contribution in [2.24, 2.45) is 17.3 Å². The summed E-state index contributed by atoms with van der Waals surface area (Å²) in [5.41, 5.74) is 0.296. The molecule has 0 heterocycles. The molecule has 0 aliphatic rings. The summed E-state index contributed by atoms with van der Waals surface area (Å²) in [6.45, 7) is 28.1. The summed E-state index contributed by atoms with van der Waals surface area (Å²) in [7, 11) is -2.15. The Morgan fingerprint density at radius 1 is 0.861 bits per heavy atom. The van der Waals surface area contributed by atoms with Crippen molar-refractivity contribution in [1.29, 1.82) is 0 Å². The lowest BCUT2D eigenvalue weighted by atomic mass is 9.77. The first kappa shape index (κ1) is 33.0. The molecule has 0 bridgehead atoms. The second-order valence-electron chi connectivity index (χ2n) is 12.9. The SMILES string of the molecule is CC(C)OC(OC(C)C)C(C)(C)C(=O)[C@H](C)[C@@H](O[Si](C)(C)C(C)(C)C)[C@@H](C)COCc1ccccc1. The zero-order valence-electron chi connectivity index (χ0n) is 25.3. The molecular formula is C30H54O5Si. The zero-order valence-corrected chi connectivity index (χ0v) is 26.3. The number of carbonyl (C=O) groups is 1. The second-order valence-corrected chi connectivity index (χ2v) is 17.7. The molecule has 6 heteroatoms. The van der Waals surface area contributed by atoms with Gasteiger partial charge in [0.2, 0.25) is 0 Å². The van der Waals surface area contributed by atoms with Gasteiger partial charge in [-0.3, -0.25) is 4.79 Å². The predicted octanol–water partition coefficient (Wildman–Crippen LogP) is 7.64. The third-order valence-electron chi connectivity index (χ3n) is 7.21. The molecule has 0 fully saturated rings. The van der Waals surface area contributed by atoms with Crippen LogP contribution < -0.4 is 0 Å². The lowest BCUT2D eigenvalue weighted by Gasteiger charge is -2.44. The third-order valence-corrected chi connectivity index (χ3v) is 11.7. The van der Waals surface area contributed by atoms with Crippen molar-refractivity contribution in [3.8, 4) is 0 Å². The molecule has 0 aromatic heterocycles. The Kier molecular flexibility index (Phi) is 12.5. The van der Waals surface area contributed by atoms with Gasteiger partial charge in [-0.15, -0.1) is 0 Å². The number of Topliss-reactive ketones (excluding diaryl/α,β-unsaturated/α-hetero) is 1. The average molecular weight is 523 g/mol. The Morgan fingerprint density at radius 3 is 1.81 bits per heavy atom. The van der Waals surface area contributed by atoms with E-state index in [1.54, 1.807) is 0 Å². The Labute approximate surface area is 222 Å². The molecule has 0 aliphatic heterocycles. The third kappa shape index (κ3) is 9.68. The number of ether oxygens (including phenoxy) is 3. The normalized spacial score (nSPS) is 16.0. The van der Waals surface area contributed by atoms with Gasteiger partial charge in [0.1, 0.15) is 5.78 Å². The first-order valence-electron chi connectivity index (χ1n) is 13.5. The van der Waals surface area contributed by atoms with Crippen molar-refractivity contribution >= 4 is 14.1 Å². The minimum absolute atomic E-state index is 0.0260. The van der Waals surface area contributed by atoms with E-state index >= 15 is 0 Å². The van der Waals surface area contributed by atoms with Crippen molar-refractivity contribution in [2.45, 2.75) is 126 Å². The number of ketones is 1. The number of carbonyl (C=O) groups excluding carboxylic acids is 1. The highest BCUT2D eigenvalue weighted by Crippen LogP contribution is 2.41. The lowest BCUT2D eigenvalue weighted by molar-refractivity contribution is -0.229. The fourth-order valence-electron chi connectivity index (χ4n) is 3.98. The van der Waals surface area contributed by atoms with E-state index in [4.69, 9.17) is 18.6 Å². The summed E-state index contributed by atoms with van der Waals surface area (Å²) in [5.74, 6) is -0.223. The molecular weight excluding hydrogens is 468 g/mol. The van der Waals surface area contributed by atoms with Crippen LogP contribution in [0.15, 0.2) is 30.3 Å². The van der Waals surface area contributed by atoms with Gasteiger partial charge in [-0.05, 0) is 65.2 Å². The van der Waals surface area contributed by atoms with Crippen LogP contribution in [0.2, 0.25) is 18.1 Å². The van der Waals surface area contributed by atoms with E-state index in [-0.39, 0.29) is 41.0 Å². The van der Waals surface area contributed by atoms with E-state index in [0.29, 0.717) is 13.2 Å². The fourth-order valence-corrected chi connectivity index (χ4v) is 5.45. The van der Waals surface area contributed by atoms with Crippen LogP contribution in [0.25, 0.3) is 0 Å². The molecule has 0 radical (unpaired) electrons. The summed E-state index contributed by atoms with van der Waals surface area (Å²) < 4.78 is 25.3. The van der Waals surface area contributed by atoms with Crippen molar-refractivity contribution in [3.63, 3.8) is 0 Å². The van der Waals surface area contributed by atoms with Gasteiger partial charge in [0.25, 0.3) is 0 Å². The first-order valence-corrected chi connectivity index (χ1v) is 16.5. The Balaban J connectivity index is 3.19. The molecule has 1 rings (SSSR count). The van der Waals surface area contributed by atoms with Crippen LogP contribution in [-0.2, 0) is 30.0 Å². The maximum absolute atomic E-state index is 14.1. The fraction of sp³-hybridized carbons (Fsp3) is 0.767. The Morgan fingerprint density at radius 2 is 1.36 bits per heavy atom. The minimum atomic E-state index is -2.15. The van der Waals surface area contributed by atoms with Crippen LogP contribution in [0.1, 0.15) is 81.7 Å². The smallest absolute Gasteiger partial charge is 0.192 e. The molecule has 0 aliphatic carbocycles. The van der Waals surface area contributed by atoms with Gasteiger partial charge in [0.15, 0.2) is 14.6 Å². The molecule has 0 saturated carbocycles. The van der Waals surface area contributed by atoms with Crippen molar-refractivity contribution < 1.29 is 23.4 Å². The van der Waals surface area contributed by atoms with Crippen molar-refractivity contribution in [3.05, 3.63) is 35.9 Å². The summed E-state index contributed by atoms with van der Waals surface area (Å²) in [6.07, 6.45) is -1.01. The summed E-state index contributed by atoms with van der Waals surface area (Å²) in [6, 6.07) is 10.2. The quantitative estimate of drug-likeness (QED) is 0.175. The molecule has 0 amide bonds. The minimum Gasteiger partial charge on any atom is -0.413 e. The van der Waals surface area contributed by atoms with Gasteiger partial charge in [0, 0.05) is 11.8 Å². The predicted molar refractivity (Wildman–Crippen MR) is 152 cm³/mol. The summed E-state index contributed by atoms with van der Waals surface area (Å²) >= 11 is 0. The monoisotopic (exact) mass is 522 g/mol. The highest BCUT2D eigenvalue weighted by atomic mass is 28.4. The molecule has 0 N–H and O–H groups in total. The molecule has 3 atom stereocenters. The number of rotatable bonds is 15. The van der Waals surface area contributed by atoms with Crippen LogP contribution in [0.5, 0.6) is 0 Å². The largest absolute Gasteiger partial charge is 0.413 e.